The van der Waals surface area contributed by atoms with E-state index < -0.39 is 0 Å². The average molecular weight is 134 g/mol. The van der Waals surface area contributed by atoms with Crippen molar-refractivity contribution in [2.24, 2.45) is 0 Å². The van der Waals surface area contributed by atoms with E-state index in [1.165, 1.54) is 5.70 Å². The fourth-order valence-corrected chi connectivity index (χ4v) is 1.22. The molecule has 0 radical (unpaired) electrons. The maximum absolute atomic E-state index is 3.26. The normalized spacial score (nSPS) is 28.7. The Kier molecular flexibility index (Phi) is 1.14. The summed E-state index contributed by atoms with van der Waals surface area (Å²) in [5.74, 6) is 0. The van der Waals surface area contributed by atoms with Crippen LogP contribution < -0.4 is 5.43 Å². The van der Waals surface area contributed by atoms with E-state index in [4.69, 9.17) is 0 Å². The molecule has 0 bridgehead atoms. The van der Waals surface area contributed by atoms with Crippen LogP contribution in [0.25, 0.3) is 0 Å². The smallest absolute Gasteiger partial charge is 0.0547 e. The number of fused-ring (bicyclic) bond motifs is 1. The Morgan fingerprint density at radius 1 is 1.50 bits per heavy atom. The number of rotatable bonds is 0. The van der Waals surface area contributed by atoms with Gasteiger partial charge in [-0.3, -0.25) is 5.01 Å². The van der Waals surface area contributed by atoms with Gasteiger partial charge in [0, 0.05) is 12.2 Å². The predicted molar refractivity (Wildman–Crippen MR) is 40.8 cm³/mol. The summed E-state index contributed by atoms with van der Waals surface area (Å²) in [6.45, 7) is 2.13. The molecule has 0 fully saturated rings. The van der Waals surface area contributed by atoms with Crippen LogP contribution in [-0.4, -0.2) is 11.1 Å². The fraction of sp³-hybridized carbons (Fsp3) is 0.250. The van der Waals surface area contributed by atoms with Crippen LogP contribution in [0.2, 0.25) is 0 Å². The second-order valence-electron chi connectivity index (χ2n) is 2.58. The van der Waals surface area contributed by atoms with Crippen LogP contribution in [0.5, 0.6) is 0 Å². The highest BCUT2D eigenvalue weighted by Gasteiger charge is 2.15. The highest BCUT2D eigenvalue weighted by atomic mass is 15.5. The summed E-state index contributed by atoms with van der Waals surface area (Å²) >= 11 is 0. The molecule has 0 amide bonds. The summed E-state index contributed by atoms with van der Waals surface area (Å²) in [6, 6.07) is 0.461. The van der Waals surface area contributed by atoms with Gasteiger partial charge in [-0.2, -0.15) is 0 Å². The Balaban J connectivity index is 2.29. The number of hydrogen-bond donors (Lipinski definition) is 1. The van der Waals surface area contributed by atoms with Crippen molar-refractivity contribution in [3.05, 3.63) is 36.2 Å². The lowest BCUT2D eigenvalue weighted by atomic mass is 10.2. The van der Waals surface area contributed by atoms with Crippen molar-refractivity contribution in [1.29, 1.82) is 0 Å². The third kappa shape index (κ3) is 0.772. The molecule has 0 aromatic carbocycles. The topological polar surface area (TPSA) is 15.3 Å². The number of nitrogens with zero attached hydrogens (tertiary/aromatic N) is 1. The summed E-state index contributed by atoms with van der Waals surface area (Å²) in [7, 11) is 0. The van der Waals surface area contributed by atoms with Crippen LogP contribution in [-0.2, 0) is 0 Å². The molecule has 10 heavy (non-hydrogen) atoms. The molecule has 0 aromatic heterocycles. The van der Waals surface area contributed by atoms with Crippen LogP contribution in [0.4, 0.5) is 0 Å². The van der Waals surface area contributed by atoms with E-state index >= 15 is 0 Å². The number of hydrogen-bond acceptors (Lipinski definition) is 2. The third-order valence-electron chi connectivity index (χ3n) is 1.65. The molecule has 1 N–H and O–H groups in total. The molecule has 2 nitrogen and oxygen atoms in total. The Bertz CT molecular complexity index is 225. The number of nitrogens with one attached hydrogen (secondary N) is 1. The molecule has 1 unspecified atom stereocenters. The van der Waals surface area contributed by atoms with Gasteiger partial charge in [-0.1, -0.05) is 6.08 Å². The molecular formula is C8H10N2. The van der Waals surface area contributed by atoms with Gasteiger partial charge in [0.25, 0.3) is 0 Å². The zero-order valence-electron chi connectivity index (χ0n) is 5.91. The van der Waals surface area contributed by atoms with Crippen molar-refractivity contribution in [3.63, 3.8) is 0 Å². The first-order valence-corrected chi connectivity index (χ1v) is 3.48. The van der Waals surface area contributed by atoms with E-state index in [0.717, 1.165) is 0 Å². The quantitative estimate of drug-likeness (QED) is 0.535. The summed E-state index contributed by atoms with van der Waals surface area (Å²) in [5.41, 5.74) is 4.50. The van der Waals surface area contributed by atoms with Gasteiger partial charge in [0.2, 0.25) is 0 Å². The first-order valence-electron chi connectivity index (χ1n) is 3.48. The molecule has 2 aliphatic heterocycles. The minimum absolute atomic E-state index is 0.461. The molecule has 0 aromatic rings. The van der Waals surface area contributed by atoms with Gasteiger partial charge in [0.15, 0.2) is 0 Å². The predicted octanol–water partition coefficient (Wildman–Crippen LogP) is 1.16. The van der Waals surface area contributed by atoms with Gasteiger partial charge in [-0.15, -0.1) is 0 Å². The Morgan fingerprint density at radius 2 is 2.40 bits per heavy atom. The largest absolute Gasteiger partial charge is 0.284 e. The van der Waals surface area contributed by atoms with E-state index in [1.807, 2.05) is 23.4 Å². The molecule has 2 rings (SSSR count). The second kappa shape index (κ2) is 1.99. The molecule has 0 saturated heterocycles. The van der Waals surface area contributed by atoms with Crippen LogP contribution in [0, 0.1) is 0 Å². The molecule has 2 aliphatic rings. The standard InChI is InChI=1S/C8H10N2/c1-7-6-8-4-2-3-5-10(8)9-7/h2-7,9H,1H3. The van der Waals surface area contributed by atoms with E-state index in [1.54, 1.807) is 0 Å². The third-order valence-corrected chi connectivity index (χ3v) is 1.65. The van der Waals surface area contributed by atoms with Crippen LogP contribution in [0.1, 0.15) is 6.92 Å². The molecule has 2 heteroatoms. The first-order chi connectivity index (χ1) is 4.86. The SMILES string of the molecule is CC1C=C2C=CC=CN2N1. The van der Waals surface area contributed by atoms with Gasteiger partial charge in [0.05, 0.1) is 5.70 Å². The zero-order valence-corrected chi connectivity index (χ0v) is 5.91. The van der Waals surface area contributed by atoms with E-state index in [2.05, 4.69) is 24.5 Å². The summed E-state index contributed by atoms with van der Waals surface area (Å²) in [6.07, 6.45) is 10.4. The van der Waals surface area contributed by atoms with Crippen molar-refractivity contribution >= 4 is 0 Å². The molecule has 0 saturated carbocycles. The van der Waals surface area contributed by atoms with Gasteiger partial charge in [-0.25, -0.2) is 5.43 Å². The van der Waals surface area contributed by atoms with E-state index in [9.17, 15) is 0 Å². The molecule has 2 heterocycles. The number of allylic oxidation sites excluding steroid dienone is 3. The Labute approximate surface area is 60.5 Å². The lowest BCUT2D eigenvalue weighted by molar-refractivity contribution is 0.359. The van der Waals surface area contributed by atoms with Gasteiger partial charge >= 0.3 is 0 Å². The van der Waals surface area contributed by atoms with Crippen molar-refractivity contribution in [2.75, 3.05) is 0 Å². The Morgan fingerprint density at radius 3 is 3.20 bits per heavy atom. The molecular weight excluding hydrogens is 124 g/mol. The average Bonchev–Trinajstić information content (AvgIpc) is 2.27. The minimum atomic E-state index is 0.461. The van der Waals surface area contributed by atoms with Crippen molar-refractivity contribution in [2.45, 2.75) is 13.0 Å². The van der Waals surface area contributed by atoms with Crippen molar-refractivity contribution in [3.8, 4) is 0 Å². The van der Waals surface area contributed by atoms with Gasteiger partial charge in [-0.05, 0) is 25.2 Å². The van der Waals surface area contributed by atoms with Crippen molar-refractivity contribution < 1.29 is 0 Å². The van der Waals surface area contributed by atoms with E-state index in [0.29, 0.717) is 6.04 Å². The highest BCUT2D eigenvalue weighted by molar-refractivity contribution is 5.30. The molecule has 1 atom stereocenters. The zero-order chi connectivity index (χ0) is 6.97. The highest BCUT2D eigenvalue weighted by Crippen LogP contribution is 2.16. The Hall–Kier alpha value is -1.02. The maximum atomic E-state index is 3.26. The maximum Gasteiger partial charge on any atom is 0.0547 e. The van der Waals surface area contributed by atoms with Gasteiger partial charge < -0.3 is 0 Å². The second-order valence-corrected chi connectivity index (χ2v) is 2.58. The minimum Gasteiger partial charge on any atom is -0.284 e. The van der Waals surface area contributed by atoms with Crippen LogP contribution in [0.3, 0.4) is 0 Å². The summed E-state index contributed by atoms with van der Waals surface area (Å²) in [5, 5.41) is 2.03. The van der Waals surface area contributed by atoms with E-state index in [-0.39, 0.29) is 0 Å². The van der Waals surface area contributed by atoms with Crippen molar-refractivity contribution in [1.82, 2.24) is 10.4 Å². The molecule has 52 valence electrons. The van der Waals surface area contributed by atoms with Crippen LogP contribution in [0.15, 0.2) is 36.2 Å². The lowest BCUT2D eigenvalue weighted by Gasteiger charge is -2.18. The first kappa shape index (κ1) is 5.74. The molecule has 0 spiro atoms. The monoisotopic (exact) mass is 134 g/mol. The summed E-state index contributed by atoms with van der Waals surface area (Å²) in [4.78, 5) is 0. The lowest BCUT2D eigenvalue weighted by Crippen LogP contribution is -2.31. The molecule has 0 aliphatic carbocycles. The van der Waals surface area contributed by atoms with Gasteiger partial charge in [0.1, 0.15) is 0 Å². The fourth-order valence-electron chi connectivity index (χ4n) is 1.22. The summed E-state index contributed by atoms with van der Waals surface area (Å²) < 4.78 is 0. The van der Waals surface area contributed by atoms with Crippen LogP contribution >= 0.6 is 0 Å². The number of hydrazine groups is 1.